The van der Waals surface area contributed by atoms with Crippen molar-refractivity contribution in [1.82, 2.24) is 10.3 Å². The molecule has 1 aromatic carbocycles. The summed E-state index contributed by atoms with van der Waals surface area (Å²) in [4.78, 5) is 18.9. The highest BCUT2D eigenvalue weighted by Crippen LogP contribution is 2.29. The molecule has 2 heterocycles. The van der Waals surface area contributed by atoms with E-state index in [2.05, 4.69) is 31.1 Å². The Balaban J connectivity index is 1.72. The van der Waals surface area contributed by atoms with Gasteiger partial charge in [-0.3, -0.25) is 9.78 Å². The SMILES string of the molecule is Cc1ccc(CNC(=O)c2cc(Br)cc(N3CCC[C@H]3CO)c2)cn1. The molecule has 1 fully saturated rings. The van der Waals surface area contributed by atoms with E-state index < -0.39 is 0 Å². The van der Waals surface area contributed by atoms with Crippen molar-refractivity contribution in [3.63, 3.8) is 0 Å². The molecule has 0 radical (unpaired) electrons. The highest BCUT2D eigenvalue weighted by molar-refractivity contribution is 9.10. The maximum atomic E-state index is 12.5. The molecule has 1 atom stereocenters. The highest BCUT2D eigenvalue weighted by atomic mass is 79.9. The van der Waals surface area contributed by atoms with Crippen LogP contribution in [-0.2, 0) is 6.54 Å². The quantitative estimate of drug-likeness (QED) is 0.804. The van der Waals surface area contributed by atoms with E-state index in [0.717, 1.165) is 40.8 Å². The third-order valence-corrected chi connectivity index (χ3v) is 4.95. The van der Waals surface area contributed by atoms with Crippen molar-refractivity contribution in [2.45, 2.75) is 32.4 Å². The molecule has 0 spiro atoms. The Morgan fingerprint density at radius 3 is 2.96 bits per heavy atom. The van der Waals surface area contributed by atoms with Crippen LogP contribution < -0.4 is 10.2 Å². The zero-order valence-electron chi connectivity index (χ0n) is 14.2. The Labute approximate surface area is 156 Å². The number of aromatic nitrogens is 1. The largest absolute Gasteiger partial charge is 0.394 e. The van der Waals surface area contributed by atoms with Gasteiger partial charge >= 0.3 is 0 Å². The molecule has 1 amide bonds. The van der Waals surface area contributed by atoms with Gasteiger partial charge in [0.05, 0.1) is 12.6 Å². The van der Waals surface area contributed by atoms with Gasteiger partial charge < -0.3 is 15.3 Å². The molecule has 2 N–H and O–H groups in total. The predicted octanol–water partition coefficient (Wildman–Crippen LogP) is 3.04. The molecular formula is C19H22BrN3O2. The lowest BCUT2D eigenvalue weighted by Crippen LogP contribution is -2.32. The maximum absolute atomic E-state index is 12.5. The van der Waals surface area contributed by atoms with Crippen LogP contribution in [-0.4, -0.2) is 35.2 Å². The molecule has 0 aliphatic carbocycles. The van der Waals surface area contributed by atoms with Gasteiger partial charge in [-0.25, -0.2) is 0 Å². The molecule has 1 saturated heterocycles. The molecule has 0 unspecified atom stereocenters. The minimum absolute atomic E-state index is 0.122. The molecule has 1 aromatic heterocycles. The second-order valence-electron chi connectivity index (χ2n) is 6.36. The Morgan fingerprint density at radius 2 is 2.24 bits per heavy atom. The normalized spacial score (nSPS) is 16.9. The average molecular weight is 404 g/mol. The average Bonchev–Trinajstić information content (AvgIpc) is 3.09. The number of nitrogens with one attached hydrogen (secondary N) is 1. The second-order valence-corrected chi connectivity index (χ2v) is 7.28. The summed E-state index contributed by atoms with van der Waals surface area (Å²) in [6.07, 6.45) is 3.81. The smallest absolute Gasteiger partial charge is 0.251 e. The monoisotopic (exact) mass is 403 g/mol. The summed E-state index contributed by atoms with van der Waals surface area (Å²) in [5, 5.41) is 12.5. The predicted molar refractivity (Wildman–Crippen MR) is 102 cm³/mol. The van der Waals surface area contributed by atoms with Crippen molar-refractivity contribution >= 4 is 27.5 Å². The van der Waals surface area contributed by atoms with Gasteiger partial charge in [-0.15, -0.1) is 0 Å². The second kappa shape index (κ2) is 7.97. The summed E-state index contributed by atoms with van der Waals surface area (Å²) in [5.74, 6) is -0.122. The van der Waals surface area contributed by atoms with E-state index in [1.165, 1.54) is 0 Å². The van der Waals surface area contributed by atoms with Crippen LogP contribution in [0.15, 0.2) is 41.0 Å². The molecule has 0 bridgehead atoms. The molecule has 1 aliphatic heterocycles. The fourth-order valence-electron chi connectivity index (χ4n) is 3.12. The number of halogens is 1. The number of carbonyl (C=O) groups is 1. The number of nitrogens with zero attached hydrogens (tertiary/aromatic N) is 2. The van der Waals surface area contributed by atoms with Crippen LogP contribution in [0.4, 0.5) is 5.69 Å². The van der Waals surface area contributed by atoms with Gasteiger partial charge in [-0.2, -0.15) is 0 Å². The van der Waals surface area contributed by atoms with Crippen LogP contribution in [0.1, 0.15) is 34.5 Å². The van der Waals surface area contributed by atoms with Gasteiger partial charge in [0.1, 0.15) is 0 Å². The lowest BCUT2D eigenvalue weighted by atomic mass is 10.1. The Bertz CT molecular complexity index is 749. The molecule has 6 heteroatoms. The minimum Gasteiger partial charge on any atom is -0.394 e. The first-order valence-electron chi connectivity index (χ1n) is 8.44. The fraction of sp³-hybridized carbons (Fsp3) is 0.368. The third-order valence-electron chi connectivity index (χ3n) is 4.49. The topological polar surface area (TPSA) is 65.5 Å². The van der Waals surface area contributed by atoms with Gasteiger partial charge in [0, 0.05) is 40.7 Å². The van der Waals surface area contributed by atoms with Crippen molar-refractivity contribution < 1.29 is 9.90 Å². The van der Waals surface area contributed by atoms with E-state index >= 15 is 0 Å². The first-order valence-corrected chi connectivity index (χ1v) is 9.24. The van der Waals surface area contributed by atoms with Crippen LogP contribution in [0.3, 0.4) is 0 Å². The van der Waals surface area contributed by atoms with E-state index in [1.807, 2.05) is 37.3 Å². The summed E-state index contributed by atoms with van der Waals surface area (Å²) < 4.78 is 0.857. The highest BCUT2D eigenvalue weighted by Gasteiger charge is 2.24. The van der Waals surface area contributed by atoms with E-state index in [9.17, 15) is 9.90 Å². The molecule has 25 heavy (non-hydrogen) atoms. The summed E-state index contributed by atoms with van der Waals surface area (Å²) in [7, 11) is 0. The number of anilines is 1. The van der Waals surface area contributed by atoms with Gasteiger partial charge in [0.2, 0.25) is 0 Å². The van der Waals surface area contributed by atoms with E-state index in [1.54, 1.807) is 6.20 Å². The molecule has 3 rings (SSSR count). The zero-order chi connectivity index (χ0) is 17.8. The maximum Gasteiger partial charge on any atom is 0.251 e. The number of benzene rings is 1. The number of hydrogen-bond acceptors (Lipinski definition) is 4. The number of aliphatic hydroxyl groups excluding tert-OH is 1. The van der Waals surface area contributed by atoms with Gasteiger partial charge in [0.15, 0.2) is 0 Å². The van der Waals surface area contributed by atoms with Gasteiger partial charge in [0.25, 0.3) is 5.91 Å². The molecule has 1 aliphatic rings. The van der Waals surface area contributed by atoms with Crippen molar-refractivity contribution in [3.8, 4) is 0 Å². The number of aryl methyl sites for hydroxylation is 1. The van der Waals surface area contributed by atoms with Crippen molar-refractivity contribution in [3.05, 3.63) is 57.8 Å². The molecule has 2 aromatic rings. The summed E-state index contributed by atoms with van der Waals surface area (Å²) in [5.41, 5.74) is 3.49. The number of pyridine rings is 1. The van der Waals surface area contributed by atoms with Crippen LogP contribution in [0.5, 0.6) is 0 Å². The lowest BCUT2D eigenvalue weighted by molar-refractivity contribution is 0.0951. The van der Waals surface area contributed by atoms with Crippen molar-refractivity contribution in [1.29, 1.82) is 0 Å². The summed E-state index contributed by atoms with van der Waals surface area (Å²) >= 11 is 3.50. The molecule has 132 valence electrons. The number of amides is 1. The number of rotatable bonds is 5. The van der Waals surface area contributed by atoms with E-state index in [0.29, 0.717) is 12.1 Å². The minimum atomic E-state index is -0.122. The number of carbonyl (C=O) groups excluding carboxylic acids is 1. The Morgan fingerprint density at radius 1 is 1.40 bits per heavy atom. The Kier molecular flexibility index (Phi) is 5.71. The van der Waals surface area contributed by atoms with Crippen LogP contribution in [0.2, 0.25) is 0 Å². The lowest BCUT2D eigenvalue weighted by Gasteiger charge is -2.26. The van der Waals surface area contributed by atoms with Crippen molar-refractivity contribution in [2.24, 2.45) is 0 Å². The fourth-order valence-corrected chi connectivity index (χ4v) is 3.61. The first-order chi connectivity index (χ1) is 12.1. The van der Waals surface area contributed by atoms with Crippen LogP contribution in [0, 0.1) is 6.92 Å². The van der Waals surface area contributed by atoms with Crippen LogP contribution >= 0.6 is 15.9 Å². The molecule has 5 nitrogen and oxygen atoms in total. The zero-order valence-corrected chi connectivity index (χ0v) is 15.8. The van der Waals surface area contributed by atoms with Crippen LogP contribution in [0.25, 0.3) is 0 Å². The van der Waals surface area contributed by atoms with Gasteiger partial charge in [-0.05, 0) is 49.6 Å². The molecule has 0 saturated carbocycles. The number of aliphatic hydroxyl groups is 1. The van der Waals surface area contributed by atoms with Crippen molar-refractivity contribution in [2.75, 3.05) is 18.1 Å². The molecular weight excluding hydrogens is 382 g/mol. The Hall–Kier alpha value is -1.92. The summed E-state index contributed by atoms with van der Waals surface area (Å²) in [6.45, 7) is 3.41. The van der Waals surface area contributed by atoms with E-state index in [-0.39, 0.29) is 18.6 Å². The summed E-state index contributed by atoms with van der Waals surface area (Å²) in [6, 6.07) is 9.72. The first kappa shape index (κ1) is 17.9. The third kappa shape index (κ3) is 4.38. The standard InChI is InChI=1S/C19H22BrN3O2/c1-13-4-5-14(10-21-13)11-22-19(25)15-7-16(20)9-18(8-15)23-6-2-3-17(23)12-24/h4-5,7-10,17,24H,2-3,6,11-12H2,1H3,(H,22,25)/t17-/m0/s1. The van der Waals surface area contributed by atoms with Gasteiger partial charge in [-0.1, -0.05) is 22.0 Å². The van der Waals surface area contributed by atoms with E-state index in [4.69, 9.17) is 0 Å². The number of hydrogen-bond donors (Lipinski definition) is 2.